The second-order valence-electron chi connectivity index (χ2n) is 7.24. The molecule has 0 amide bonds. The summed E-state index contributed by atoms with van der Waals surface area (Å²) in [5.41, 5.74) is 0. The van der Waals surface area contributed by atoms with E-state index < -0.39 is 0 Å². The maximum atomic E-state index is 6.33. The number of hydrogen-bond donors (Lipinski definition) is 1. The zero-order valence-corrected chi connectivity index (χ0v) is 14.3. The number of rotatable bonds is 7. The minimum absolute atomic E-state index is 0.338. The van der Waals surface area contributed by atoms with Crippen molar-refractivity contribution in [1.82, 2.24) is 5.32 Å². The molecule has 0 aromatic carbocycles. The van der Waals surface area contributed by atoms with Gasteiger partial charge in [-0.15, -0.1) is 0 Å². The van der Waals surface area contributed by atoms with Gasteiger partial charge in [-0.3, -0.25) is 0 Å². The minimum atomic E-state index is 0.338. The van der Waals surface area contributed by atoms with Crippen LogP contribution >= 0.6 is 0 Å². The molecule has 0 spiro atoms. The monoisotopic (exact) mass is 297 g/mol. The van der Waals surface area contributed by atoms with Crippen molar-refractivity contribution >= 4 is 0 Å². The maximum Gasteiger partial charge on any atom is 0.0808 e. The quantitative estimate of drug-likeness (QED) is 0.776. The highest BCUT2D eigenvalue weighted by molar-refractivity contribution is 4.87. The van der Waals surface area contributed by atoms with Gasteiger partial charge < -0.3 is 14.8 Å². The van der Waals surface area contributed by atoms with E-state index in [1.54, 1.807) is 0 Å². The molecule has 2 aliphatic rings. The molecule has 4 unspecified atom stereocenters. The largest absolute Gasteiger partial charge is 0.376 e. The van der Waals surface area contributed by atoms with Crippen molar-refractivity contribution in [2.24, 2.45) is 11.8 Å². The van der Waals surface area contributed by atoms with Crippen molar-refractivity contribution in [3.63, 3.8) is 0 Å². The van der Waals surface area contributed by atoms with Crippen LogP contribution in [-0.2, 0) is 9.47 Å². The molecule has 1 saturated heterocycles. The van der Waals surface area contributed by atoms with E-state index in [0.29, 0.717) is 18.2 Å². The summed E-state index contributed by atoms with van der Waals surface area (Å²) in [5, 5.41) is 3.70. The molecule has 1 saturated carbocycles. The molecule has 0 radical (unpaired) electrons. The lowest BCUT2D eigenvalue weighted by Gasteiger charge is -2.39. The molecule has 1 aliphatic heterocycles. The SMILES string of the molecule is CCCNC1CCC(C(C)C)CC1OCC1CCCCO1. The number of hydrogen-bond acceptors (Lipinski definition) is 3. The Morgan fingerprint density at radius 1 is 1.19 bits per heavy atom. The molecule has 0 bridgehead atoms. The standard InChI is InChI=1S/C18H35NO2/c1-4-10-19-17-9-8-15(14(2)3)12-18(17)21-13-16-7-5-6-11-20-16/h14-19H,4-13H2,1-3H3. The molecule has 2 rings (SSSR count). The van der Waals surface area contributed by atoms with Gasteiger partial charge in [-0.1, -0.05) is 20.8 Å². The van der Waals surface area contributed by atoms with E-state index in [9.17, 15) is 0 Å². The smallest absolute Gasteiger partial charge is 0.0808 e. The van der Waals surface area contributed by atoms with Crippen LogP contribution < -0.4 is 5.32 Å². The summed E-state index contributed by atoms with van der Waals surface area (Å²) in [4.78, 5) is 0. The molecule has 0 aromatic heterocycles. The van der Waals surface area contributed by atoms with Gasteiger partial charge in [-0.05, 0) is 63.3 Å². The lowest BCUT2D eigenvalue weighted by Crippen LogP contribution is -2.47. The molecule has 1 aliphatic carbocycles. The zero-order valence-electron chi connectivity index (χ0n) is 14.3. The normalized spacial score (nSPS) is 34.3. The van der Waals surface area contributed by atoms with E-state index >= 15 is 0 Å². The Morgan fingerprint density at radius 3 is 2.71 bits per heavy atom. The molecule has 124 valence electrons. The molecular weight excluding hydrogens is 262 g/mol. The van der Waals surface area contributed by atoms with Gasteiger partial charge in [0.1, 0.15) is 0 Å². The number of nitrogens with one attached hydrogen (secondary N) is 1. The summed E-state index contributed by atoms with van der Waals surface area (Å²) >= 11 is 0. The van der Waals surface area contributed by atoms with Crippen molar-refractivity contribution in [2.45, 2.75) is 84.0 Å². The molecule has 1 N–H and O–H groups in total. The van der Waals surface area contributed by atoms with Crippen LogP contribution in [0.5, 0.6) is 0 Å². The molecule has 0 aromatic rings. The van der Waals surface area contributed by atoms with Crippen molar-refractivity contribution in [3.05, 3.63) is 0 Å². The van der Waals surface area contributed by atoms with E-state index in [1.165, 1.54) is 44.9 Å². The summed E-state index contributed by atoms with van der Waals surface area (Å²) in [6.07, 6.45) is 9.42. The Hall–Kier alpha value is -0.120. The van der Waals surface area contributed by atoms with Crippen LogP contribution in [0.25, 0.3) is 0 Å². The van der Waals surface area contributed by atoms with Gasteiger partial charge in [-0.25, -0.2) is 0 Å². The second kappa shape index (κ2) is 9.12. The Balaban J connectivity index is 1.82. The molecule has 4 atom stereocenters. The van der Waals surface area contributed by atoms with Crippen LogP contribution in [0, 0.1) is 11.8 Å². The zero-order chi connectivity index (χ0) is 15.1. The van der Waals surface area contributed by atoms with Gasteiger partial charge in [0.15, 0.2) is 0 Å². The van der Waals surface area contributed by atoms with Gasteiger partial charge in [0.05, 0.1) is 18.8 Å². The Morgan fingerprint density at radius 2 is 2.05 bits per heavy atom. The molecule has 1 heterocycles. The molecular formula is C18H35NO2. The topological polar surface area (TPSA) is 30.5 Å². The van der Waals surface area contributed by atoms with E-state index in [4.69, 9.17) is 9.47 Å². The van der Waals surface area contributed by atoms with E-state index in [0.717, 1.165) is 31.6 Å². The maximum absolute atomic E-state index is 6.33. The summed E-state index contributed by atoms with van der Waals surface area (Å²) < 4.78 is 12.1. The highest BCUT2D eigenvalue weighted by Crippen LogP contribution is 2.32. The summed E-state index contributed by atoms with van der Waals surface area (Å²) in [5.74, 6) is 1.59. The molecule has 3 heteroatoms. The van der Waals surface area contributed by atoms with Gasteiger partial charge in [0.2, 0.25) is 0 Å². The van der Waals surface area contributed by atoms with Gasteiger partial charge in [0, 0.05) is 12.6 Å². The van der Waals surface area contributed by atoms with Gasteiger partial charge >= 0.3 is 0 Å². The fourth-order valence-electron chi connectivity index (χ4n) is 3.68. The highest BCUT2D eigenvalue weighted by atomic mass is 16.5. The number of ether oxygens (including phenoxy) is 2. The van der Waals surface area contributed by atoms with Crippen molar-refractivity contribution in [3.8, 4) is 0 Å². The highest BCUT2D eigenvalue weighted by Gasteiger charge is 2.32. The van der Waals surface area contributed by atoms with Crippen molar-refractivity contribution in [2.75, 3.05) is 19.8 Å². The first-order valence-corrected chi connectivity index (χ1v) is 9.17. The second-order valence-corrected chi connectivity index (χ2v) is 7.24. The first-order chi connectivity index (χ1) is 10.2. The summed E-state index contributed by atoms with van der Waals surface area (Å²) in [6.45, 7) is 9.76. The van der Waals surface area contributed by atoms with Gasteiger partial charge in [-0.2, -0.15) is 0 Å². The van der Waals surface area contributed by atoms with Gasteiger partial charge in [0.25, 0.3) is 0 Å². The van der Waals surface area contributed by atoms with Crippen LogP contribution in [0.4, 0.5) is 0 Å². The van der Waals surface area contributed by atoms with Crippen molar-refractivity contribution in [1.29, 1.82) is 0 Å². The summed E-state index contributed by atoms with van der Waals surface area (Å²) in [6, 6.07) is 0.545. The Labute approximate surface area is 131 Å². The van der Waals surface area contributed by atoms with Crippen LogP contribution in [0.3, 0.4) is 0 Å². The third-order valence-electron chi connectivity index (χ3n) is 5.20. The van der Waals surface area contributed by atoms with Crippen LogP contribution in [0.15, 0.2) is 0 Å². The first kappa shape index (κ1) is 17.2. The minimum Gasteiger partial charge on any atom is -0.376 e. The third kappa shape index (κ3) is 5.54. The fourth-order valence-corrected chi connectivity index (χ4v) is 3.68. The lowest BCUT2D eigenvalue weighted by atomic mass is 9.78. The average Bonchev–Trinajstić information content (AvgIpc) is 2.52. The third-order valence-corrected chi connectivity index (χ3v) is 5.20. The van der Waals surface area contributed by atoms with E-state index in [1.807, 2.05) is 0 Å². The summed E-state index contributed by atoms with van der Waals surface area (Å²) in [7, 11) is 0. The van der Waals surface area contributed by atoms with Crippen LogP contribution in [-0.4, -0.2) is 38.0 Å². The molecule has 2 fully saturated rings. The van der Waals surface area contributed by atoms with Crippen LogP contribution in [0.2, 0.25) is 0 Å². The van der Waals surface area contributed by atoms with Crippen molar-refractivity contribution < 1.29 is 9.47 Å². The predicted octanol–water partition coefficient (Wildman–Crippen LogP) is 3.77. The average molecular weight is 297 g/mol. The lowest BCUT2D eigenvalue weighted by molar-refractivity contribution is -0.0852. The van der Waals surface area contributed by atoms with Crippen LogP contribution in [0.1, 0.15) is 65.7 Å². The first-order valence-electron chi connectivity index (χ1n) is 9.17. The fraction of sp³-hybridized carbons (Fsp3) is 1.00. The Bertz CT molecular complexity index is 276. The van der Waals surface area contributed by atoms with E-state index in [-0.39, 0.29) is 0 Å². The molecule has 3 nitrogen and oxygen atoms in total. The molecule has 21 heavy (non-hydrogen) atoms. The predicted molar refractivity (Wildman–Crippen MR) is 87.6 cm³/mol. The Kier molecular flexibility index (Phi) is 7.48. The van der Waals surface area contributed by atoms with E-state index in [2.05, 4.69) is 26.1 Å².